The van der Waals surface area contributed by atoms with Crippen LogP contribution in [0.15, 0.2) is 48.1 Å². The van der Waals surface area contributed by atoms with Gasteiger partial charge in [-0.25, -0.2) is 0 Å². The maximum Gasteiger partial charge on any atom is 0.227 e. The van der Waals surface area contributed by atoms with Crippen molar-refractivity contribution < 1.29 is 4.79 Å². The van der Waals surface area contributed by atoms with E-state index in [0.29, 0.717) is 6.42 Å². The van der Waals surface area contributed by atoms with E-state index in [1.807, 2.05) is 34.0 Å². The van der Waals surface area contributed by atoms with Gasteiger partial charge in [0.05, 0.1) is 19.0 Å². The van der Waals surface area contributed by atoms with Gasteiger partial charge in [0.15, 0.2) is 0 Å². The Morgan fingerprint density at radius 1 is 1.30 bits per heavy atom. The first-order chi connectivity index (χ1) is 11.3. The predicted molar refractivity (Wildman–Crippen MR) is 92.5 cm³/mol. The van der Waals surface area contributed by atoms with Crippen molar-refractivity contribution in [3.8, 4) is 0 Å². The molecule has 0 unspecified atom stereocenters. The Hall–Kier alpha value is -2.14. The average Bonchev–Trinajstić information content (AvgIpc) is 3.29. The molecule has 1 saturated heterocycles. The van der Waals surface area contributed by atoms with E-state index in [2.05, 4.69) is 22.6 Å². The van der Waals surface area contributed by atoms with Crippen LogP contribution in [0, 0.1) is 0 Å². The Morgan fingerprint density at radius 3 is 3.09 bits per heavy atom. The highest BCUT2D eigenvalue weighted by Gasteiger charge is 2.29. The summed E-state index contributed by atoms with van der Waals surface area (Å²) in [6.07, 6.45) is 6.41. The van der Waals surface area contributed by atoms with Gasteiger partial charge in [-0.05, 0) is 41.3 Å². The van der Waals surface area contributed by atoms with Crippen molar-refractivity contribution in [3.05, 3.63) is 53.7 Å². The van der Waals surface area contributed by atoms with Crippen molar-refractivity contribution in [2.75, 3.05) is 6.54 Å². The maximum atomic E-state index is 12.8. The van der Waals surface area contributed by atoms with Gasteiger partial charge >= 0.3 is 0 Å². The number of carbonyl (C=O) groups excluding carboxylic acids is 1. The molecule has 1 amide bonds. The fraction of sp³-hybridized carbons (Fsp3) is 0.333. The normalized spacial score (nSPS) is 17.9. The lowest BCUT2D eigenvalue weighted by atomic mass is 10.1. The molecule has 23 heavy (non-hydrogen) atoms. The SMILES string of the molecule is O=C(Cc1csc2ccccc12)N1CCC[C@H]1Cn1cccn1. The Kier molecular flexibility index (Phi) is 3.87. The van der Waals surface area contributed by atoms with Crippen LogP contribution in [-0.2, 0) is 17.8 Å². The zero-order valence-corrected chi connectivity index (χ0v) is 13.7. The molecule has 2 aromatic heterocycles. The summed E-state index contributed by atoms with van der Waals surface area (Å²) in [4.78, 5) is 14.8. The number of aromatic nitrogens is 2. The van der Waals surface area contributed by atoms with Gasteiger partial charge in [0, 0.05) is 23.6 Å². The number of thiophene rings is 1. The van der Waals surface area contributed by atoms with Crippen molar-refractivity contribution in [2.24, 2.45) is 0 Å². The number of carbonyl (C=O) groups is 1. The van der Waals surface area contributed by atoms with Crippen molar-refractivity contribution in [3.63, 3.8) is 0 Å². The molecule has 1 aliphatic rings. The largest absolute Gasteiger partial charge is 0.338 e. The van der Waals surface area contributed by atoms with Crippen molar-refractivity contribution >= 4 is 27.3 Å². The van der Waals surface area contributed by atoms with E-state index in [0.717, 1.165) is 31.5 Å². The Balaban J connectivity index is 1.49. The Labute approximate surface area is 139 Å². The smallest absolute Gasteiger partial charge is 0.227 e. The molecule has 3 heterocycles. The van der Waals surface area contributed by atoms with E-state index in [4.69, 9.17) is 0 Å². The number of nitrogens with zero attached hydrogens (tertiary/aromatic N) is 3. The van der Waals surface area contributed by atoms with Crippen LogP contribution in [-0.4, -0.2) is 33.2 Å². The number of hydrogen-bond donors (Lipinski definition) is 0. The summed E-state index contributed by atoms with van der Waals surface area (Å²) in [5, 5.41) is 7.61. The van der Waals surface area contributed by atoms with Crippen LogP contribution in [0.2, 0.25) is 0 Å². The summed E-state index contributed by atoms with van der Waals surface area (Å²) >= 11 is 1.72. The first-order valence-corrected chi connectivity index (χ1v) is 8.91. The molecule has 1 aliphatic heterocycles. The van der Waals surface area contributed by atoms with Gasteiger partial charge in [-0.3, -0.25) is 9.48 Å². The second-order valence-electron chi connectivity index (χ2n) is 6.05. The van der Waals surface area contributed by atoms with E-state index in [1.54, 1.807) is 17.5 Å². The minimum absolute atomic E-state index is 0.239. The summed E-state index contributed by atoms with van der Waals surface area (Å²) in [5.41, 5.74) is 1.15. The van der Waals surface area contributed by atoms with Gasteiger partial charge in [0.25, 0.3) is 0 Å². The zero-order valence-electron chi connectivity index (χ0n) is 12.9. The molecule has 5 heteroatoms. The third-order valence-electron chi connectivity index (χ3n) is 4.56. The fourth-order valence-corrected chi connectivity index (χ4v) is 4.38. The van der Waals surface area contributed by atoms with E-state index in [1.165, 1.54) is 10.1 Å². The quantitative estimate of drug-likeness (QED) is 0.738. The van der Waals surface area contributed by atoms with Crippen LogP contribution in [0.25, 0.3) is 10.1 Å². The minimum atomic E-state index is 0.239. The molecule has 0 bridgehead atoms. The highest BCUT2D eigenvalue weighted by atomic mass is 32.1. The van der Waals surface area contributed by atoms with Crippen LogP contribution < -0.4 is 0 Å². The van der Waals surface area contributed by atoms with E-state index in [-0.39, 0.29) is 11.9 Å². The zero-order chi connectivity index (χ0) is 15.6. The molecule has 1 fully saturated rings. The van der Waals surface area contributed by atoms with Gasteiger partial charge in [0.1, 0.15) is 0 Å². The maximum absolute atomic E-state index is 12.8. The molecule has 4 rings (SSSR count). The third-order valence-corrected chi connectivity index (χ3v) is 5.57. The van der Waals surface area contributed by atoms with Gasteiger partial charge in [0.2, 0.25) is 5.91 Å². The standard InChI is InChI=1S/C18H19N3OS/c22-18(11-14-13-23-17-7-2-1-6-16(14)17)21-10-3-5-15(21)12-20-9-4-8-19-20/h1-2,4,6-9,13,15H,3,5,10-12H2/t15-/m0/s1. The lowest BCUT2D eigenvalue weighted by Crippen LogP contribution is -2.39. The molecule has 3 aromatic rings. The van der Waals surface area contributed by atoms with E-state index in [9.17, 15) is 4.79 Å². The predicted octanol–water partition coefficient (Wildman–Crippen LogP) is 3.33. The molecule has 4 nitrogen and oxygen atoms in total. The van der Waals surface area contributed by atoms with Crippen molar-refractivity contribution in [1.82, 2.24) is 14.7 Å². The van der Waals surface area contributed by atoms with Crippen LogP contribution in [0.4, 0.5) is 0 Å². The number of likely N-dealkylation sites (tertiary alicyclic amines) is 1. The monoisotopic (exact) mass is 325 g/mol. The number of hydrogen-bond acceptors (Lipinski definition) is 3. The van der Waals surface area contributed by atoms with Crippen LogP contribution in [0.1, 0.15) is 18.4 Å². The minimum Gasteiger partial charge on any atom is -0.338 e. The highest BCUT2D eigenvalue weighted by Crippen LogP contribution is 2.27. The second kappa shape index (κ2) is 6.16. The van der Waals surface area contributed by atoms with Gasteiger partial charge in [-0.1, -0.05) is 18.2 Å². The number of fused-ring (bicyclic) bond motifs is 1. The molecule has 118 valence electrons. The average molecular weight is 325 g/mol. The molecule has 0 aliphatic carbocycles. The second-order valence-corrected chi connectivity index (χ2v) is 6.96. The number of rotatable bonds is 4. The Morgan fingerprint density at radius 2 is 2.22 bits per heavy atom. The van der Waals surface area contributed by atoms with Crippen LogP contribution >= 0.6 is 11.3 Å². The first-order valence-electron chi connectivity index (χ1n) is 8.03. The molecule has 0 N–H and O–H groups in total. The Bertz CT molecular complexity index is 809. The number of amides is 1. The molecule has 0 radical (unpaired) electrons. The third kappa shape index (κ3) is 2.88. The summed E-state index contributed by atoms with van der Waals surface area (Å²) in [6, 6.07) is 10.5. The molecule has 0 saturated carbocycles. The summed E-state index contributed by atoms with van der Waals surface area (Å²) in [5.74, 6) is 0.239. The molecule has 0 spiro atoms. The van der Waals surface area contributed by atoms with Crippen LogP contribution in [0.3, 0.4) is 0 Å². The molecular weight excluding hydrogens is 306 g/mol. The van der Waals surface area contributed by atoms with Gasteiger partial charge in [-0.15, -0.1) is 11.3 Å². The van der Waals surface area contributed by atoms with E-state index < -0.39 is 0 Å². The number of benzene rings is 1. The highest BCUT2D eigenvalue weighted by molar-refractivity contribution is 7.17. The fourth-order valence-electron chi connectivity index (χ4n) is 3.41. The molecule has 1 atom stereocenters. The molecular formula is C18H19N3OS. The summed E-state index contributed by atoms with van der Waals surface area (Å²) < 4.78 is 3.18. The van der Waals surface area contributed by atoms with Gasteiger partial charge < -0.3 is 4.90 Å². The lowest BCUT2D eigenvalue weighted by Gasteiger charge is -2.24. The van der Waals surface area contributed by atoms with Crippen molar-refractivity contribution in [1.29, 1.82) is 0 Å². The van der Waals surface area contributed by atoms with Crippen molar-refractivity contribution in [2.45, 2.75) is 31.8 Å². The van der Waals surface area contributed by atoms with Crippen LogP contribution in [0.5, 0.6) is 0 Å². The summed E-state index contributed by atoms with van der Waals surface area (Å²) in [7, 11) is 0. The lowest BCUT2D eigenvalue weighted by molar-refractivity contribution is -0.131. The van der Waals surface area contributed by atoms with Gasteiger partial charge in [-0.2, -0.15) is 5.10 Å². The van der Waals surface area contributed by atoms with E-state index >= 15 is 0 Å². The summed E-state index contributed by atoms with van der Waals surface area (Å²) in [6.45, 7) is 1.66. The topological polar surface area (TPSA) is 38.1 Å². The molecule has 1 aromatic carbocycles. The first kappa shape index (κ1) is 14.5.